The number of rotatable bonds is 4. The SMILES string of the molecule is CC(C)C(=O)Nc1ccc(NC(=O)c2cc(Cl)cc(Cl)c2)cc1. The molecule has 2 rings (SSSR count). The molecule has 2 amide bonds. The van der Waals surface area contributed by atoms with Crippen molar-refractivity contribution < 1.29 is 9.59 Å². The molecule has 0 heterocycles. The highest BCUT2D eigenvalue weighted by molar-refractivity contribution is 6.35. The van der Waals surface area contributed by atoms with Gasteiger partial charge in [-0.25, -0.2) is 0 Å². The molecule has 0 aromatic heterocycles. The zero-order valence-electron chi connectivity index (χ0n) is 12.7. The number of hydrogen-bond acceptors (Lipinski definition) is 2. The van der Waals surface area contributed by atoms with E-state index in [1.165, 1.54) is 0 Å². The third kappa shape index (κ3) is 4.98. The molecule has 6 heteroatoms. The minimum Gasteiger partial charge on any atom is -0.326 e. The van der Waals surface area contributed by atoms with Crippen LogP contribution in [0.25, 0.3) is 0 Å². The van der Waals surface area contributed by atoms with Crippen molar-refractivity contribution >= 4 is 46.4 Å². The minimum atomic E-state index is -0.312. The second-order valence-electron chi connectivity index (χ2n) is 5.33. The lowest BCUT2D eigenvalue weighted by Gasteiger charge is -2.09. The number of nitrogens with one attached hydrogen (secondary N) is 2. The summed E-state index contributed by atoms with van der Waals surface area (Å²) in [6.07, 6.45) is 0. The van der Waals surface area contributed by atoms with Gasteiger partial charge in [0.15, 0.2) is 0 Å². The van der Waals surface area contributed by atoms with Crippen LogP contribution in [0.4, 0.5) is 11.4 Å². The zero-order valence-corrected chi connectivity index (χ0v) is 14.2. The predicted octanol–water partition coefficient (Wildman–Crippen LogP) is 4.84. The second-order valence-corrected chi connectivity index (χ2v) is 6.21. The van der Waals surface area contributed by atoms with Gasteiger partial charge in [-0.2, -0.15) is 0 Å². The van der Waals surface area contributed by atoms with E-state index in [2.05, 4.69) is 10.6 Å². The molecule has 0 spiro atoms. The van der Waals surface area contributed by atoms with Gasteiger partial charge in [-0.3, -0.25) is 9.59 Å². The van der Waals surface area contributed by atoms with Crippen LogP contribution in [0.1, 0.15) is 24.2 Å². The number of carbonyl (C=O) groups is 2. The molecule has 0 aliphatic heterocycles. The summed E-state index contributed by atoms with van der Waals surface area (Å²) in [5.41, 5.74) is 1.65. The lowest BCUT2D eigenvalue weighted by molar-refractivity contribution is -0.118. The molecule has 2 N–H and O–H groups in total. The monoisotopic (exact) mass is 350 g/mol. The molecule has 0 unspecified atom stereocenters. The van der Waals surface area contributed by atoms with Crippen molar-refractivity contribution in [1.82, 2.24) is 0 Å². The van der Waals surface area contributed by atoms with Crippen molar-refractivity contribution in [2.75, 3.05) is 10.6 Å². The lowest BCUT2D eigenvalue weighted by Crippen LogP contribution is -2.17. The van der Waals surface area contributed by atoms with E-state index in [1.807, 2.05) is 13.8 Å². The number of benzene rings is 2. The van der Waals surface area contributed by atoms with Crippen LogP contribution in [0.15, 0.2) is 42.5 Å². The van der Waals surface area contributed by atoms with Crippen LogP contribution in [-0.4, -0.2) is 11.8 Å². The summed E-state index contributed by atoms with van der Waals surface area (Å²) in [6.45, 7) is 3.64. The van der Waals surface area contributed by atoms with E-state index < -0.39 is 0 Å². The van der Waals surface area contributed by atoms with E-state index in [-0.39, 0.29) is 17.7 Å². The zero-order chi connectivity index (χ0) is 17.0. The van der Waals surface area contributed by atoms with Gasteiger partial charge in [-0.1, -0.05) is 37.0 Å². The molecular weight excluding hydrogens is 335 g/mol. The largest absolute Gasteiger partial charge is 0.326 e. The van der Waals surface area contributed by atoms with Gasteiger partial charge in [0.25, 0.3) is 5.91 Å². The Morgan fingerprint density at radius 1 is 0.870 bits per heavy atom. The third-order valence-corrected chi connectivity index (χ3v) is 3.50. The number of halogens is 2. The Kier molecular flexibility index (Phi) is 5.64. The maximum Gasteiger partial charge on any atom is 0.255 e. The summed E-state index contributed by atoms with van der Waals surface area (Å²) in [5.74, 6) is -0.467. The molecule has 0 aliphatic carbocycles. The standard InChI is InChI=1S/C17H16Cl2N2O2/c1-10(2)16(22)20-14-3-5-15(6-4-14)21-17(23)11-7-12(18)9-13(19)8-11/h3-10H,1-2H3,(H,20,22)(H,21,23). The number of hydrogen-bond donors (Lipinski definition) is 2. The first-order valence-corrected chi connectivity index (χ1v) is 7.79. The van der Waals surface area contributed by atoms with Crippen LogP contribution >= 0.6 is 23.2 Å². The molecule has 0 fully saturated rings. The quantitative estimate of drug-likeness (QED) is 0.828. The molecule has 2 aromatic carbocycles. The molecule has 2 aromatic rings. The van der Waals surface area contributed by atoms with Crippen molar-refractivity contribution in [3.8, 4) is 0 Å². The summed E-state index contributed by atoms with van der Waals surface area (Å²) in [6, 6.07) is 11.5. The van der Waals surface area contributed by atoms with Gasteiger partial charge in [0.1, 0.15) is 0 Å². The molecule has 0 aliphatic rings. The van der Waals surface area contributed by atoms with Crippen LogP contribution in [-0.2, 0) is 4.79 Å². The fourth-order valence-electron chi connectivity index (χ4n) is 1.81. The van der Waals surface area contributed by atoms with Crippen LogP contribution < -0.4 is 10.6 Å². The number of amides is 2. The Morgan fingerprint density at radius 3 is 1.83 bits per heavy atom. The topological polar surface area (TPSA) is 58.2 Å². The summed E-state index contributed by atoms with van der Waals surface area (Å²) >= 11 is 11.8. The first-order valence-electron chi connectivity index (χ1n) is 7.03. The van der Waals surface area contributed by atoms with Crippen molar-refractivity contribution in [3.05, 3.63) is 58.1 Å². The summed E-state index contributed by atoms with van der Waals surface area (Å²) in [5, 5.41) is 6.32. The Labute approximate surface area is 144 Å². The second kappa shape index (κ2) is 7.49. The van der Waals surface area contributed by atoms with Gasteiger partial charge < -0.3 is 10.6 Å². The Hall–Kier alpha value is -2.04. The average Bonchev–Trinajstić information content (AvgIpc) is 2.48. The predicted molar refractivity (Wildman–Crippen MR) is 94.3 cm³/mol. The fourth-order valence-corrected chi connectivity index (χ4v) is 2.34. The van der Waals surface area contributed by atoms with Gasteiger partial charge >= 0.3 is 0 Å². The van der Waals surface area contributed by atoms with Crippen molar-refractivity contribution in [1.29, 1.82) is 0 Å². The summed E-state index contributed by atoms with van der Waals surface area (Å²) in [7, 11) is 0. The van der Waals surface area contributed by atoms with Crippen LogP contribution in [0, 0.1) is 5.92 Å². The number of anilines is 2. The molecule has 23 heavy (non-hydrogen) atoms. The maximum atomic E-state index is 12.2. The van der Waals surface area contributed by atoms with E-state index in [0.29, 0.717) is 27.0 Å². The van der Waals surface area contributed by atoms with Crippen LogP contribution in [0.2, 0.25) is 10.0 Å². The van der Waals surface area contributed by atoms with Crippen molar-refractivity contribution in [2.45, 2.75) is 13.8 Å². The molecule has 0 radical (unpaired) electrons. The minimum absolute atomic E-state index is 0.0599. The van der Waals surface area contributed by atoms with Crippen LogP contribution in [0.5, 0.6) is 0 Å². The Morgan fingerprint density at radius 2 is 1.35 bits per heavy atom. The molecule has 120 valence electrons. The normalized spacial score (nSPS) is 10.5. The highest BCUT2D eigenvalue weighted by atomic mass is 35.5. The molecule has 0 saturated carbocycles. The van der Waals surface area contributed by atoms with E-state index >= 15 is 0 Å². The van der Waals surface area contributed by atoms with Crippen LogP contribution in [0.3, 0.4) is 0 Å². The van der Waals surface area contributed by atoms with E-state index in [4.69, 9.17) is 23.2 Å². The Balaban J connectivity index is 2.05. The van der Waals surface area contributed by atoms with Gasteiger partial charge in [0, 0.05) is 32.9 Å². The molecule has 0 atom stereocenters. The third-order valence-electron chi connectivity index (χ3n) is 3.06. The van der Waals surface area contributed by atoms with Gasteiger partial charge in [0.2, 0.25) is 5.91 Å². The maximum absolute atomic E-state index is 12.2. The average molecular weight is 351 g/mol. The fraction of sp³-hybridized carbons (Fsp3) is 0.176. The first-order chi connectivity index (χ1) is 10.8. The highest BCUT2D eigenvalue weighted by Crippen LogP contribution is 2.21. The smallest absolute Gasteiger partial charge is 0.255 e. The van der Waals surface area contributed by atoms with Gasteiger partial charge in [-0.15, -0.1) is 0 Å². The lowest BCUT2D eigenvalue weighted by atomic mass is 10.2. The van der Waals surface area contributed by atoms with E-state index in [1.54, 1.807) is 42.5 Å². The first kappa shape index (κ1) is 17.3. The Bertz CT molecular complexity index is 708. The van der Waals surface area contributed by atoms with E-state index in [0.717, 1.165) is 0 Å². The summed E-state index contributed by atoms with van der Waals surface area (Å²) in [4.78, 5) is 23.8. The number of carbonyl (C=O) groups excluding carboxylic acids is 2. The van der Waals surface area contributed by atoms with E-state index in [9.17, 15) is 9.59 Å². The molecule has 4 nitrogen and oxygen atoms in total. The molecular formula is C17H16Cl2N2O2. The van der Waals surface area contributed by atoms with Crippen molar-refractivity contribution in [2.24, 2.45) is 5.92 Å². The summed E-state index contributed by atoms with van der Waals surface area (Å²) < 4.78 is 0. The molecule has 0 saturated heterocycles. The van der Waals surface area contributed by atoms with Crippen molar-refractivity contribution in [3.63, 3.8) is 0 Å². The van der Waals surface area contributed by atoms with Gasteiger partial charge in [0.05, 0.1) is 0 Å². The highest BCUT2D eigenvalue weighted by Gasteiger charge is 2.09. The molecule has 0 bridgehead atoms. The van der Waals surface area contributed by atoms with Gasteiger partial charge in [-0.05, 0) is 42.5 Å².